The molecule has 1 aromatic heterocycles. The second-order valence-corrected chi connectivity index (χ2v) is 13.8. The summed E-state index contributed by atoms with van der Waals surface area (Å²) < 4.78 is 29.0. The highest BCUT2D eigenvalue weighted by atomic mass is 35.5. The fraction of sp³-hybridized carbons (Fsp3) is 0.395. The number of ether oxygens (including phenoxy) is 4. The summed E-state index contributed by atoms with van der Waals surface area (Å²) in [5.74, 6) is -0.0461. The number of anilines is 1. The first-order valence-electron chi connectivity index (χ1n) is 16.8. The average molecular weight is 723 g/mol. The lowest BCUT2D eigenvalue weighted by Gasteiger charge is -2.40. The van der Waals surface area contributed by atoms with Crippen LogP contribution < -0.4 is 18.9 Å². The molecule has 264 valence electrons. The number of carbonyl (C=O) groups is 2. The fourth-order valence-corrected chi connectivity index (χ4v) is 7.23. The minimum atomic E-state index is -1.18. The monoisotopic (exact) mass is 721 g/mol. The van der Waals surface area contributed by atoms with E-state index in [-0.39, 0.29) is 18.0 Å². The zero-order valence-corrected chi connectivity index (χ0v) is 30.4. The van der Waals surface area contributed by atoms with Gasteiger partial charge in [-0.1, -0.05) is 29.3 Å². The van der Waals surface area contributed by atoms with Crippen LogP contribution in [0.2, 0.25) is 10.0 Å². The number of halogens is 2. The third-order valence-electron chi connectivity index (χ3n) is 9.10. The molecule has 0 saturated carbocycles. The summed E-state index contributed by atoms with van der Waals surface area (Å²) in [4.78, 5) is 27.4. The van der Waals surface area contributed by atoms with Crippen LogP contribution in [0.4, 0.5) is 5.69 Å². The maximum atomic E-state index is 11.7. The molecular weight excluding hydrogens is 679 g/mol. The van der Waals surface area contributed by atoms with Crippen molar-refractivity contribution in [3.63, 3.8) is 0 Å². The van der Waals surface area contributed by atoms with Gasteiger partial charge in [0.05, 0.1) is 17.7 Å². The Bertz CT molecular complexity index is 1820. The summed E-state index contributed by atoms with van der Waals surface area (Å²) in [6.07, 6.45) is 6.37. The van der Waals surface area contributed by atoms with E-state index < -0.39 is 5.79 Å². The van der Waals surface area contributed by atoms with Crippen LogP contribution in [0.25, 0.3) is 0 Å². The van der Waals surface area contributed by atoms with E-state index in [1.54, 1.807) is 19.1 Å². The molecule has 6 rings (SSSR count). The first kappa shape index (κ1) is 35.7. The number of esters is 1. The van der Waals surface area contributed by atoms with E-state index in [1.807, 2.05) is 72.4 Å². The second-order valence-electron chi connectivity index (χ2n) is 13.0. The Kier molecular flexibility index (Phi) is 11.0. The molecule has 2 atom stereocenters. The maximum Gasteiger partial charge on any atom is 0.308 e. The van der Waals surface area contributed by atoms with Crippen molar-refractivity contribution in [3.05, 3.63) is 106 Å². The van der Waals surface area contributed by atoms with Gasteiger partial charge in [0.25, 0.3) is 0 Å². The Labute approximate surface area is 303 Å². The van der Waals surface area contributed by atoms with Crippen LogP contribution in [0.5, 0.6) is 11.5 Å². The summed E-state index contributed by atoms with van der Waals surface area (Å²) in [7, 11) is 0. The van der Waals surface area contributed by atoms with Gasteiger partial charge in [-0.15, -0.1) is 0 Å². The smallest absolute Gasteiger partial charge is 0.308 e. The van der Waals surface area contributed by atoms with Crippen LogP contribution >= 0.6 is 23.2 Å². The molecule has 2 saturated heterocycles. The number of aryl methyl sites for hydroxylation is 2. The Morgan fingerprint density at radius 3 is 2.36 bits per heavy atom. The molecule has 1 amide bonds. The quantitative estimate of drug-likeness (QED) is 0.112. The van der Waals surface area contributed by atoms with Gasteiger partial charge in [-0.2, -0.15) is 0 Å². The number of piperazine rings is 1. The third kappa shape index (κ3) is 8.43. The number of rotatable bonds is 10. The molecule has 10 nitrogen and oxygen atoms in total. The van der Waals surface area contributed by atoms with Gasteiger partial charge in [-0.05, 0) is 79.1 Å². The topological polar surface area (TPSA) is 86.4 Å². The summed E-state index contributed by atoms with van der Waals surface area (Å²) in [5, 5.41) is 0.982. The van der Waals surface area contributed by atoms with E-state index in [0.29, 0.717) is 54.1 Å². The summed E-state index contributed by atoms with van der Waals surface area (Å²) >= 11 is 13.1. The lowest BCUT2D eigenvalue weighted by molar-refractivity contribution is -0.688. The van der Waals surface area contributed by atoms with Gasteiger partial charge in [0.2, 0.25) is 18.0 Å². The van der Waals surface area contributed by atoms with Crippen molar-refractivity contribution >= 4 is 40.8 Å². The molecule has 0 bridgehead atoms. The Balaban J connectivity index is 1.14. The Hall–Kier alpha value is -4.09. The molecule has 4 aromatic rings. The van der Waals surface area contributed by atoms with Gasteiger partial charge in [0, 0.05) is 62.7 Å². The predicted molar refractivity (Wildman–Crippen MR) is 191 cm³/mol. The van der Waals surface area contributed by atoms with Gasteiger partial charge >= 0.3 is 5.97 Å². The Morgan fingerprint density at radius 1 is 0.980 bits per heavy atom. The average Bonchev–Trinajstić information content (AvgIpc) is 3.51. The first-order valence-corrected chi connectivity index (χ1v) is 17.6. The van der Waals surface area contributed by atoms with Crippen molar-refractivity contribution in [2.45, 2.75) is 59.1 Å². The number of hydrogen-bond acceptors (Lipinski definition) is 7. The highest BCUT2D eigenvalue weighted by Gasteiger charge is 2.44. The normalized spacial score (nSPS) is 19.4. The molecular formula is C38H43Cl2N4O6+. The predicted octanol–water partition coefficient (Wildman–Crippen LogP) is 6.08. The van der Waals surface area contributed by atoms with Crippen LogP contribution in [0.15, 0.2) is 73.3 Å². The maximum absolute atomic E-state index is 11.7. The number of amides is 1. The minimum Gasteiger partial charge on any atom is -0.491 e. The van der Waals surface area contributed by atoms with E-state index in [0.717, 1.165) is 54.3 Å². The fourth-order valence-electron chi connectivity index (χ4n) is 6.68. The van der Waals surface area contributed by atoms with Crippen molar-refractivity contribution in [1.29, 1.82) is 0 Å². The van der Waals surface area contributed by atoms with Gasteiger partial charge < -0.3 is 28.7 Å². The van der Waals surface area contributed by atoms with Crippen molar-refractivity contribution in [2.75, 3.05) is 44.3 Å². The van der Waals surface area contributed by atoms with E-state index in [2.05, 4.69) is 21.6 Å². The molecule has 3 aromatic carbocycles. The SMILES string of the molecule is CC(=O)Oc1c(C)cc(C[n+]2ccn(C[C@]3(c4ccc(Cl)cc4Cl)OCC[C@@H](COc4ccc(N5CCN(C(C)=O)CC5)cc4)O3)c2)cc1C. The molecule has 0 N–H and O–H groups in total. The number of hydrogen-bond donors (Lipinski definition) is 0. The lowest BCUT2D eigenvalue weighted by Crippen LogP contribution is -2.48. The van der Waals surface area contributed by atoms with E-state index >= 15 is 0 Å². The molecule has 12 heteroatoms. The standard InChI is InChI=1S/C38H43Cl2N4O6/c1-26-19-30(20-27(2)37(26)49-29(4)46)22-41-12-13-42(25-41)24-38(35-10-5-31(39)21-36(35)40)48-18-11-34(50-38)23-47-33-8-6-32(7-9-33)44-16-14-43(15-17-44)28(3)45/h5-10,12-13,19-21,25,34H,11,14-18,22-24H2,1-4H3/q+1/t34-,38-/m0/s1. The highest BCUT2D eigenvalue weighted by molar-refractivity contribution is 6.35. The first-order chi connectivity index (χ1) is 24.0. The molecule has 3 heterocycles. The lowest BCUT2D eigenvalue weighted by atomic mass is 10.0. The van der Waals surface area contributed by atoms with E-state index in [9.17, 15) is 9.59 Å². The second kappa shape index (κ2) is 15.4. The molecule has 0 radical (unpaired) electrons. The Morgan fingerprint density at radius 2 is 1.70 bits per heavy atom. The summed E-state index contributed by atoms with van der Waals surface area (Å²) in [5.41, 5.74) is 4.69. The van der Waals surface area contributed by atoms with E-state index in [1.165, 1.54) is 6.92 Å². The van der Waals surface area contributed by atoms with Crippen molar-refractivity contribution in [1.82, 2.24) is 9.47 Å². The number of benzene rings is 3. The number of carbonyl (C=O) groups excluding carboxylic acids is 2. The highest BCUT2D eigenvalue weighted by Crippen LogP contribution is 2.40. The molecule has 0 spiro atoms. The molecule has 2 aliphatic heterocycles. The van der Waals surface area contributed by atoms with Gasteiger partial charge in [0.15, 0.2) is 0 Å². The minimum absolute atomic E-state index is 0.120. The van der Waals surface area contributed by atoms with Crippen molar-refractivity contribution < 1.29 is 33.1 Å². The van der Waals surface area contributed by atoms with Crippen LogP contribution in [0, 0.1) is 13.8 Å². The summed E-state index contributed by atoms with van der Waals surface area (Å²) in [6.45, 7) is 11.7. The zero-order valence-electron chi connectivity index (χ0n) is 28.9. The molecule has 2 fully saturated rings. The number of nitrogens with zero attached hydrogens (tertiary/aromatic N) is 4. The van der Waals surface area contributed by atoms with Crippen LogP contribution in [0.3, 0.4) is 0 Å². The van der Waals surface area contributed by atoms with Crippen LogP contribution in [-0.4, -0.2) is 66.8 Å². The van der Waals surface area contributed by atoms with Crippen molar-refractivity contribution in [2.24, 2.45) is 0 Å². The number of aromatic nitrogens is 2. The van der Waals surface area contributed by atoms with Gasteiger partial charge in [0.1, 0.15) is 43.6 Å². The van der Waals surface area contributed by atoms with Crippen LogP contribution in [0.1, 0.15) is 42.5 Å². The zero-order chi connectivity index (χ0) is 35.4. The number of imidazole rings is 1. The van der Waals surface area contributed by atoms with Gasteiger partial charge in [-0.25, -0.2) is 9.13 Å². The molecule has 0 unspecified atom stereocenters. The molecule has 50 heavy (non-hydrogen) atoms. The van der Waals surface area contributed by atoms with Crippen molar-refractivity contribution in [3.8, 4) is 11.5 Å². The largest absolute Gasteiger partial charge is 0.491 e. The summed E-state index contributed by atoms with van der Waals surface area (Å²) in [6, 6.07) is 17.5. The van der Waals surface area contributed by atoms with E-state index in [4.69, 9.17) is 42.1 Å². The molecule has 0 aliphatic carbocycles. The van der Waals surface area contributed by atoms with Gasteiger partial charge in [-0.3, -0.25) is 9.59 Å². The third-order valence-corrected chi connectivity index (χ3v) is 9.65. The molecule has 2 aliphatic rings. The van der Waals surface area contributed by atoms with Crippen LogP contribution in [-0.2, 0) is 37.9 Å².